The number of nitrogens with two attached hydrogens (primary N) is 1. The van der Waals surface area contributed by atoms with Gasteiger partial charge >= 0.3 is 0 Å². The van der Waals surface area contributed by atoms with Crippen LogP contribution in [0.4, 0.5) is 5.69 Å². The summed E-state index contributed by atoms with van der Waals surface area (Å²) < 4.78 is 0. The summed E-state index contributed by atoms with van der Waals surface area (Å²) in [5.41, 5.74) is 10.2. The van der Waals surface area contributed by atoms with Crippen LogP contribution in [-0.4, -0.2) is 18.0 Å². The smallest absolute Gasteiger partial charge is 0.0346 e. The fourth-order valence-electron chi connectivity index (χ4n) is 3.63. The van der Waals surface area contributed by atoms with Crippen molar-refractivity contribution in [1.82, 2.24) is 4.90 Å². The van der Waals surface area contributed by atoms with Crippen LogP contribution in [0.5, 0.6) is 0 Å². The van der Waals surface area contributed by atoms with Gasteiger partial charge in [0.05, 0.1) is 0 Å². The second-order valence-corrected chi connectivity index (χ2v) is 6.28. The Morgan fingerprint density at radius 3 is 2.37 bits per heavy atom. The monoisotopic (exact) mass is 260 g/mol. The van der Waals surface area contributed by atoms with Gasteiger partial charge in [0.2, 0.25) is 0 Å². The Morgan fingerprint density at radius 2 is 1.79 bits per heavy atom. The summed E-state index contributed by atoms with van der Waals surface area (Å²) in [5.74, 6) is 0. The fourth-order valence-corrected chi connectivity index (χ4v) is 3.63. The molecule has 0 saturated carbocycles. The van der Waals surface area contributed by atoms with E-state index in [1.165, 1.54) is 49.9 Å². The van der Waals surface area contributed by atoms with E-state index in [-0.39, 0.29) is 0 Å². The zero-order chi connectivity index (χ0) is 13.9. The molecule has 0 radical (unpaired) electrons. The lowest BCUT2D eigenvalue weighted by Crippen LogP contribution is -2.55. The highest BCUT2D eigenvalue weighted by Crippen LogP contribution is 2.40. The third kappa shape index (κ3) is 3.11. The van der Waals surface area contributed by atoms with Crippen molar-refractivity contribution in [2.45, 2.75) is 53.0 Å². The highest BCUT2D eigenvalue weighted by atomic mass is 15.2. The van der Waals surface area contributed by atoms with Gasteiger partial charge in [-0.3, -0.25) is 4.90 Å². The van der Waals surface area contributed by atoms with Crippen LogP contribution in [0.1, 0.15) is 50.7 Å². The number of benzene rings is 1. The molecule has 19 heavy (non-hydrogen) atoms. The zero-order valence-corrected chi connectivity index (χ0v) is 12.7. The summed E-state index contributed by atoms with van der Waals surface area (Å²) in [5, 5.41) is 0. The summed E-state index contributed by atoms with van der Waals surface area (Å²) >= 11 is 0. The molecule has 1 aromatic carbocycles. The van der Waals surface area contributed by atoms with Crippen molar-refractivity contribution in [3.05, 3.63) is 29.3 Å². The Labute approximate surface area is 118 Å². The molecule has 106 valence electrons. The highest BCUT2D eigenvalue weighted by molar-refractivity contribution is 5.49. The first-order valence-electron chi connectivity index (χ1n) is 7.66. The van der Waals surface area contributed by atoms with Crippen molar-refractivity contribution < 1.29 is 0 Å². The molecule has 0 unspecified atom stereocenters. The molecule has 1 heterocycles. The van der Waals surface area contributed by atoms with E-state index in [4.69, 9.17) is 5.73 Å². The number of likely N-dealkylation sites (tertiary alicyclic amines) is 1. The first-order chi connectivity index (χ1) is 9.10. The molecule has 2 heteroatoms. The van der Waals surface area contributed by atoms with Gasteiger partial charge < -0.3 is 5.73 Å². The molecule has 0 amide bonds. The zero-order valence-electron chi connectivity index (χ0n) is 12.7. The van der Waals surface area contributed by atoms with Gasteiger partial charge in [-0.25, -0.2) is 0 Å². The molecule has 0 aromatic heterocycles. The molecule has 1 fully saturated rings. The molecule has 1 aromatic rings. The third-order valence-electron chi connectivity index (χ3n) is 4.56. The topological polar surface area (TPSA) is 29.3 Å². The van der Waals surface area contributed by atoms with E-state index in [1.807, 2.05) is 6.07 Å². The Kier molecular flexibility index (Phi) is 4.51. The quantitative estimate of drug-likeness (QED) is 0.784. The molecule has 2 rings (SSSR count). The first kappa shape index (κ1) is 14.4. The van der Waals surface area contributed by atoms with Gasteiger partial charge in [-0.05, 0) is 42.4 Å². The van der Waals surface area contributed by atoms with Crippen LogP contribution in [0.2, 0.25) is 0 Å². The van der Waals surface area contributed by atoms with Crippen LogP contribution < -0.4 is 5.73 Å². The summed E-state index contributed by atoms with van der Waals surface area (Å²) in [6, 6.07) is 6.28. The second-order valence-electron chi connectivity index (χ2n) is 6.28. The minimum Gasteiger partial charge on any atom is -0.399 e. The van der Waals surface area contributed by atoms with Crippen molar-refractivity contribution in [3.63, 3.8) is 0 Å². The number of hydrogen-bond donors (Lipinski definition) is 1. The van der Waals surface area contributed by atoms with Crippen molar-refractivity contribution >= 4 is 5.69 Å². The minimum atomic E-state index is 0.609. The van der Waals surface area contributed by atoms with Crippen LogP contribution in [0.15, 0.2) is 18.2 Å². The van der Waals surface area contributed by atoms with Crippen molar-refractivity contribution in [2.24, 2.45) is 5.41 Å². The predicted molar refractivity (Wildman–Crippen MR) is 83.1 cm³/mol. The number of hydrogen-bond acceptors (Lipinski definition) is 2. The van der Waals surface area contributed by atoms with Crippen LogP contribution in [-0.2, 0) is 6.54 Å². The SMILES string of the molecule is CCCC1(CCC)CN(Cc2cccc(N)c2C)C1. The van der Waals surface area contributed by atoms with Crippen LogP contribution in [0.25, 0.3) is 0 Å². The highest BCUT2D eigenvalue weighted by Gasteiger charge is 2.40. The van der Waals surface area contributed by atoms with Gasteiger partial charge in [0, 0.05) is 25.3 Å². The maximum atomic E-state index is 5.99. The van der Waals surface area contributed by atoms with E-state index in [1.54, 1.807) is 0 Å². The van der Waals surface area contributed by atoms with Crippen LogP contribution in [0, 0.1) is 12.3 Å². The summed E-state index contributed by atoms with van der Waals surface area (Å²) in [7, 11) is 0. The van der Waals surface area contributed by atoms with Crippen LogP contribution >= 0.6 is 0 Å². The molecular weight excluding hydrogens is 232 g/mol. The van der Waals surface area contributed by atoms with E-state index in [9.17, 15) is 0 Å². The number of anilines is 1. The van der Waals surface area contributed by atoms with Gasteiger partial charge in [-0.2, -0.15) is 0 Å². The lowest BCUT2D eigenvalue weighted by molar-refractivity contribution is -0.0204. The maximum Gasteiger partial charge on any atom is 0.0346 e. The largest absolute Gasteiger partial charge is 0.399 e. The first-order valence-corrected chi connectivity index (χ1v) is 7.66. The van der Waals surface area contributed by atoms with E-state index < -0.39 is 0 Å². The van der Waals surface area contributed by atoms with Gasteiger partial charge in [0.15, 0.2) is 0 Å². The average molecular weight is 260 g/mol. The summed E-state index contributed by atoms with van der Waals surface area (Å²) in [6.07, 6.45) is 5.39. The van der Waals surface area contributed by atoms with Gasteiger partial charge in [0.25, 0.3) is 0 Å². The standard InChI is InChI=1S/C17H28N2/c1-4-9-17(10-5-2)12-19(13-17)11-15-7-6-8-16(18)14(15)3/h6-8H,4-5,9-13,18H2,1-3H3. The molecule has 1 aliphatic heterocycles. The number of rotatable bonds is 6. The molecule has 2 N–H and O–H groups in total. The Hall–Kier alpha value is -1.02. The van der Waals surface area contributed by atoms with Gasteiger partial charge in [-0.15, -0.1) is 0 Å². The molecular formula is C17H28N2. The second kappa shape index (κ2) is 5.96. The Morgan fingerprint density at radius 1 is 1.16 bits per heavy atom. The van der Waals surface area contributed by atoms with Gasteiger partial charge in [0.1, 0.15) is 0 Å². The van der Waals surface area contributed by atoms with E-state index in [0.29, 0.717) is 5.41 Å². The Balaban J connectivity index is 1.95. The predicted octanol–water partition coefficient (Wildman–Crippen LogP) is 3.98. The van der Waals surface area contributed by atoms with Gasteiger partial charge in [-0.1, -0.05) is 38.8 Å². The lowest BCUT2D eigenvalue weighted by atomic mass is 9.72. The molecule has 0 atom stereocenters. The molecule has 1 saturated heterocycles. The molecule has 1 aliphatic rings. The van der Waals surface area contributed by atoms with E-state index >= 15 is 0 Å². The molecule has 0 aliphatic carbocycles. The molecule has 2 nitrogen and oxygen atoms in total. The maximum absolute atomic E-state index is 5.99. The number of nitrogen functional groups attached to an aromatic ring is 1. The lowest BCUT2D eigenvalue weighted by Gasteiger charge is -2.51. The van der Waals surface area contributed by atoms with Crippen molar-refractivity contribution in [2.75, 3.05) is 18.8 Å². The molecule has 0 spiro atoms. The minimum absolute atomic E-state index is 0.609. The van der Waals surface area contributed by atoms with Crippen LogP contribution in [0.3, 0.4) is 0 Å². The summed E-state index contributed by atoms with van der Waals surface area (Å²) in [6.45, 7) is 10.3. The van der Waals surface area contributed by atoms with E-state index in [2.05, 4.69) is 37.8 Å². The number of nitrogens with zero attached hydrogens (tertiary/aromatic N) is 1. The van der Waals surface area contributed by atoms with Crippen molar-refractivity contribution in [1.29, 1.82) is 0 Å². The van der Waals surface area contributed by atoms with Crippen molar-refractivity contribution in [3.8, 4) is 0 Å². The normalized spacial score (nSPS) is 18.3. The van der Waals surface area contributed by atoms with E-state index in [0.717, 1.165) is 12.2 Å². The summed E-state index contributed by atoms with van der Waals surface area (Å²) in [4.78, 5) is 2.58. The Bertz CT molecular complexity index is 411. The fraction of sp³-hybridized carbons (Fsp3) is 0.647. The third-order valence-corrected chi connectivity index (χ3v) is 4.56. The molecule has 0 bridgehead atoms. The average Bonchev–Trinajstić information content (AvgIpc) is 2.33.